The third-order valence-corrected chi connectivity index (χ3v) is 2.01. The molecule has 0 bridgehead atoms. The average molecular weight is 222 g/mol. The highest BCUT2D eigenvalue weighted by atomic mass is 35.5. The molecule has 0 saturated carbocycles. The van der Waals surface area contributed by atoms with Crippen molar-refractivity contribution in [1.29, 1.82) is 0 Å². The molecule has 2 rings (SSSR count). The summed E-state index contributed by atoms with van der Waals surface area (Å²) < 4.78 is 36.9. The molecule has 0 atom stereocenters. The van der Waals surface area contributed by atoms with Gasteiger partial charge in [-0.25, -0.2) is 0 Å². The van der Waals surface area contributed by atoms with E-state index in [1.807, 2.05) is 0 Å². The van der Waals surface area contributed by atoms with Crippen molar-refractivity contribution in [3.8, 4) is 0 Å². The summed E-state index contributed by atoms with van der Waals surface area (Å²) in [6.45, 7) is 0. The van der Waals surface area contributed by atoms with Crippen LogP contribution in [0.5, 0.6) is 0 Å². The van der Waals surface area contributed by atoms with Gasteiger partial charge < -0.3 is 0 Å². The van der Waals surface area contributed by atoms with Gasteiger partial charge in [-0.2, -0.15) is 13.2 Å². The number of nitrogens with zero attached hydrogens (tertiary/aromatic N) is 2. The van der Waals surface area contributed by atoms with Gasteiger partial charge in [0.25, 0.3) is 0 Å². The van der Waals surface area contributed by atoms with Crippen molar-refractivity contribution in [3.05, 3.63) is 22.7 Å². The third-order valence-electron chi connectivity index (χ3n) is 1.72. The van der Waals surface area contributed by atoms with Gasteiger partial charge in [0.15, 0.2) is 0 Å². The van der Waals surface area contributed by atoms with Crippen LogP contribution in [0, 0.1) is 0 Å². The molecule has 1 heterocycles. The number of alkyl halides is 3. The molecule has 7 heteroatoms. The fourth-order valence-electron chi connectivity index (χ4n) is 1.07. The van der Waals surface area contributed by atoms with Crippen molar-refractivity contribution in [2.24, 2.45) is 0 Å². The summed E-state index contributed by atoms with van der Waals surface area (Å²) in [5.74, 6) is 0. The fraction of sp³-hybridized carbons (Fsp3) is 0.143. The number of H-pyrrole nitrogens is 1. The zero-order valence-electron chi connectivity index (χ0n) is 6.56. The Morgan fingerprint density at radius 2 is 2.00 bits per heavy atom. The molecule has 2 aromatic rings. The van der Waals surface area contributed by atoms with E-state index in [1.165, 1.54) is 0 Å². The summed E-state index contributed by atoms with van der Waals surface area (Å²) in [5.41, 5.74) is -0.423. The maximum Gasteiger partial charge on any atom is 0.416 e. The minimum atomic E-state index is -4.42. The lowest BCUT2D eigenvalue weighted by Gasteiger charge is -2.06. The highest BCUT2D eigenvalue weighted by Gasteiger charge is 2.31. The Balaban J connectivity index is 2.70. The molecule has 0 radical (unpaired) electrons. The highest BCUT2D eigenvalue weighted by molar-refractivity contribution is 6.34. The number of halogens is 4. The fourth-order valence-corrected chi connectivity index (χ4v) is 1.33. The van der Waals surface area contributed by atoms with Crippen LogP contribution >= 0.6 is 11.6 Å². The van der Waals surface area contributed by atoms with Gasteiger partial charge in [0.1, 0.15) is 11.0 Å². The van der Waals surface area contributed by atoms with Crippen LogP contribution in [0.4, 0.5) is 13.2 Å². The van der Waals surface area contributed by atoms with Crippen LogP contribution in [-0.4, -0.2) is 15.4 Å². The summed E-state index contributed by atoms with van der Waals surface area (Å²) in [7, 11) is 0. The lowest BCUT2D eigenvalue weighted by Crippen LogP contribution is -2.04. The van der Waals surface area contributed by atoms with Gasteiger partial charge in [0.05, 0.1) is 10.6 Å². The smallest absolute Gasteiger partial charge is 0.256 e. The zero-order chi connectivity index (χ0) is 10.3. The standard InChI is InChI=1S/C7H3ClF3N3/c8-4-1-3(7(9,10)11)2-5-6(4)13-14-12-5/h1-2H,(H,12,13,14). The Kier molecular flexibility index (Phi) is 1.88. The van der Waals surface area contributed by atoms with E-state index in [1.54, 1.807) is 0 Å². The Morgan fingerprint density at radius 1 is 1.29 bits per heavy atom. The lowest BCUT2D eigenvalue weighted by molar-refractivity contribution is -0.137. The van der Waals surface area contributed by atoms with Crippen molar-refractivity contribution in [1.82, 2.24) is 15.4 Å². The molecule has 0 amide bonds. The molecular formula is C7H3ClF3N3. The maximum absolute atomic E-state index is 12.3. The zero-order valence-corrected chi connectivity index (χ0v) is 7.32. The van der Waals surface area contributed by atoms with Crippen LogP contribution in [-0.2, 0) is 6.18 Å². The van der Waals surface area contributed by atoms with Crippen LogP contribution in [0.25, 0.3) is 11.0 Å². The highest BCUT2D eigenvalue weighted by Crippen LogP contribution is 2.33. The van der Waals surface area contributed by atoms with E-state index < -0.39 is 11.7 Å². The molecule has 0 spiro atoms. The van der Waals surface area contributed by atoms with Crippen molar-refractivity contribution >= 4 is 22.6 Å². The van der Waals surface area contributed by atoms with Crippen LogP contribution in [0.1, 0.15) is 5.56 Å². The van der Waals surface area contributed by atoms with Gasteiger partial charge in [-0.3, -0.25) is 5.10 Å². The summed E-state index contributed by atoms with van der Waals surface area (Å²) in [6, 6.07) is 1.73. The minimum Gasteiger partial charge on any atom is -0.256 e. The molecule has 3 nitrogen and oxygen atoms in total. The molecule has 14 heavy (non-hydrogen) atoms. The van der Waals surface area contributed by atoms with E-state index in [4.69, 9.17) is 11.6 Å². The molecule has 0 aliphatic rings. The third kappa shape index (κ3) is 1.41. The number of hydrogen-bond acceptors (Lipinski definition) is 2. The van der Waals surface area contributed by atoms with Gasteiger partial charge >= 0.3 is 6.18 Å². The van der Waals surface area contributed by atoms with Crippen molar-refractivity contribution in [2.45, 2.75) is 6.18 Å². The molecule has 1 aromatic carbocycles. The van der Waals surface area contributed by atoms with E-state index in [0.717, 1.165) is 12.1 Å². The number of fused-ring (bicyclic) bond motifs is 1. The largest absolute Gasteiger partial charge is 0.416 e. The summed E-state index contributed by atoms with van der Waals surface area (Å²) in [5, 5.41) is 9.19. The molecule has 74 valence electrons. The first-order valence-corrected chi connectivity index (χ1v) is 3.94. The summed E-state index contributed by atoms with van der Waals surface area (Å²) >= 11 is 5.60. The second-order valence-corrected chi connectivity index (χ2v) is 3.07. The molecular weight excluding hydrogens is 219 g/mol. The summed E-state index contributed by atoms with van der Waals surface area (Å²) in [6.07, 6.45) is -4.42. The van der Waals surface area contributed by atoms with Gasteiger partial charge in [0.2, 0.25) is 0 Å². The predicted molar refractivity (Wildman–Crippen MR) is 43.9 cm³/mol. The van der Waals surface area contributed by atoms with E-state index in [-0.39, 0.29) is 10.5 Å². The number of aromatic amines is 1. The van der Waals surface area contributed by atoms with E-state index >= 15 is 0 Å². The average Bonchev–Trinajstić information content (AvgIpc) is 2.50. The molecule has 0 aliphatic carbocycles. The van der Waals surface area contributed by atoms with Crippen LogP contribution < -0.4 is 0 Å². The van der Waals surface area contributed by atoms with Gasteiger partial charge in [-0.15, -0.1) is 5.10 Å². The maximum atomic E-state index is 12.3. The monoisotopic (exact) mass is 221 g/mol. The minimum absolute atomic E-state index is 0.0418. The quantitative estimate of drug-likeness (QED) is 0.743. The first-order valence-electron chi connectivity index (χ1n) is 3.56. The van der Waals surface area contributed by atoms with Crippen LogP contribution in [0.2, 0.25) is 5.02 Å². The molecule has 1 N–H and O–H groups in total. The number of hydrogen-bond donors (Lipinski definition) is 1. The van der Waals surface area contributed by atoms with Gasteiger partial charge in [-0.1, -0.05) is 16.8 Å². The number of nitrogens with one attached hydrogen (secondary N) is 1. The normalized spacial score (nSPS) is 12.3. The molecule has 0 unspecified atom stereocenters. The van der Waals surface area contributed by atoms with Crippen molar-refractivity contribution in [2.75, 3.05) is 0 Å². The SMILES string of the molecule is FC(F)(F)c1cc(Cl)c2[nH]nnc2c1. The number of benzene rings is 1. The predicted octanol–water partition coefficient (Wildman–Crippen LogP) is 2.63. The second-order valence-electron chi connectivity index (χ2n) is 2.66. The number of aromatic nitrogens is 3. The lowest BCUT2D eigenvalue weighted by atomic mass is 10.2. The first-order chi connectivity index (χ1) is 6.48. The van der Waals surface area contributed by atoms with Crippen molar-refractivity contribution < 1.29 is 13.2 Å². The second kappa shape index (κ2) is 2.84. The van der Waals surface area contributed by atoms with Crippen LogP contribution in [0.15, 0.2) is 12.1 Å². The van der Waals surface area contributed by atoms with Gasteiger partial charge in [-0.05, 0) is 12.1 Å². The van der Waals surface area contributed by atoms with Crippen LogP contribution in [0.3, 0.4) is 0 Å². The Hall–Kier alpha value is -1.30. The molecule has 0 fully saturated rings. The van der Waals surface area contributed by atoms with E-state index in [2.05, 4.69) is 15.4 Å². The number of rotatable bonds is 0. The molecule has 0 aliphatic heterocycles. The van der Waals surface area contributed by atoms with Crippen molar-refractivity contribution in [3.63, 3.8) is 0 Å². The van der Waals surface area contributed by atoms with E-state index in [9.17, 15) is 13.2 Å². The Bertz CT molecular complexity index is 476. The molecule has 1 aromatic heterocycles. The Labute approximate surface area is 80.9 Å². The first kappa shape index (κ1) is 9.26. The molecule has 0 saturated heterocycles. The van der Waals surface area contributed by atoms with Gasteiger partial charge in [0, 0.05) is 0 Å². The topological polar surface area (TPSA) is 41.6 Å². The Morgan fingerprint density at radius 3 is 2.64 bits per heavy atom. The summed E-state index contributed by atoms with van der Waals surface area (Å²) in [4.78, 5) is 0. The van der Waals surface area contributed by atoms with E-state index in [0.29, 0.717) is 5.52 Å².